The number of carbonyl (C=O) groups excluding carboxylic acids is 1. The summed E-state index contributed by atoms with van der Waals surface area (Å²) < 4.78 is 83.7. The highest BCUT2D eigenvalue weighted by atomic mass is 32.5. The predicted molar refractivity (Wildman–Crippen MR) is 32.4 cm³/mol. The van der Waals surface area contributed by atoms with Gasteiger partial charge in [-0.25, -0.2) is 4.79 Å². The molecular weight excluding hydrogens is 250 g/mol. The van der Waals surface area contributed by atoms with Crippen molar-refractivity contribution >= 4 is 26.4 Å². The molecule has 13 heavy (non-hydrogen) atoms. The molecule has 0 rings (SSSR count). The molecule has 0 heterocycles. The highest BCUT2D eigenvalue weighted by molar-refractivity contribution is 8.53. The van der Waals surface area contributed by atoms with Crippen LogP contribution in [0.3, 0.4) is 0 Å². The lowest BCUT2D eigenvalue weighted by Crippen LogP contribution is -2.15. The van der Waals surface area contributed by atoms with Crippen LogP contribution < -0.4 is 0 Å². The maximum absolute atomic E-state index is 11.5. The van der Waals surface area contributed by atoms with E-state index in [1.54, 1.807) is 0 Å². The monoisotopic (exact) mass is 250 g/mol. The summed E-state index contributed by atoms with van der Waals surface area (Å²) in [6.07, 6.45) is 0. The van der Waals surface area contributed by atoms with Gasteiger partial charge in [-0.15, -0.1) is 0 Å². The van der Waals surface area contributed by atoms with Crippen LogP contribution in [0.25, 0.3) is 0 Å². The molecule has 0 aliphatic carbocycles. The van der Waals surface area contributed by atoms with Gasteiger partial charge in [0, 0.05) is 0 Å². The second kappa shape index (κ2) is 2.04. The second-order valence-corrected chi connectivity index (χ2v) is 5.68. The Hall–Kier alpha value is -0.670. The maximum atomic E-state index is 11.5. The van der Waals surface area contributed by atoms with Crippen LogP contribution in [0, 0.1) is 0 Å². The highest BCUT2D eigenvalue weighted by Crippen LogP contribution is 3.02. The van der Waals surface area contributed by atoms with E-state index >= 15 is 0 Å². The van der Waals surface area contributed by atoms with E-state index < -0.39 is 30.6 Å². The molecule has 0 amide bonds. The SMILES string of the molecule is O=C=C(S(=O)(=O)F)S(F)(F)(F)(F)F. The Kier molecular flexibility index (Phi) is 1.94. The van der Waals surface area contributed by atoms with Crippen LogP contribution in [0.1, 0.15) is 0 Å². The van der Waals surface area contributed by atoms with Crippen LogP contribution >= 0.6 is 10.2 Å². The van der Waals surface area contributed by atoms with Crippen molar-refractivity contribution in [2.75, 3.05) is 0 Å². The Morgan fingerprint density at radius 2 is 1.38 bits per heavy atom. The summed E-state index contributed by atoms with van der Waals surface area (Å²) in [7, 11) is -17.6. The third-order valence-electron chi connectivity index (χ3n) is 0.655. The van der Waals surface area contributed by atoms with E-state index in [4.69, 9.17) is 0 Å². The summed E-state index contributed by atoms with van der Waals surface area (Å²) in [5.41, 5.74) is 0. The van der Waals surface area contributed by atoms with Gasteiger partial charge in [0.2, 0.25) is 0 Å². The molecule has 0 aliphatic heterocycles. The summed E-state index contributed by atoms with van der Waals surface area (Å²) in [6, 6.07) is 0. The van der Waals surface area contributed by atoms with Gasteiger partial charge in [0.15, 0.2) is 5.94 Å². The molecule has 0 saturated carbocycles. The van der Waals surface area contributed by atoms with Crippen molar-refractivity contribution in [1.29, 1.82) is 0 Å². The van der Waals surface area contributed by atoms with Crippen LogP contribution in [-0.4, -0.2) is 14.4 Å². The van der Waals surface area contributed by atoms with E-state index in [9.17, 15) is 36.5 Å². The molecule has 80 valence electrons. The molecule has 11 heteroatoms. The van der Waals surface area contributed by atoms with Crippen molar-refractivity contribution in [3.8, 4) is 0 Å². The molecule has 0 aromatic carbocycles. The Bertz CT molecular complexity index is 380. The van der Waals surface area contributed by atoms with E-state index in [1.807, 2.05) is 0 Å². The van der Waals surface area contributed by atoms with Crippen molar-refractivity contribution in [3.63, 3.8) is 0 Å². The van der Waals surface area contributed by atoms with Gasteiger partial charge in [-0.3, -0.25) is 0 Å². The fraction of sp³-hybridized carbons (Fsp3) is 0. The number of halogens is 6. The molecule has 0 unspecified atom stereocenters. The quantitative estimate of drug-likeness (QED) is 0.429. The van der Waals surface area contributed by atoms with Crippen LogP contribution in [0.5, 0.6) is 0 Å². The van der Waals surface area contributed by atoms with Crippen molar-refractivity contribution < 1.29 is 36.5 Å². The molecule has 0 aromatic rings. The number of rotatable bonds is 2. The first-order valence-electron chi connectivity index (χ1n) is 2.12. The number of hydrogen-bond acceptors (Lipinski definition) is 3. The molecular formula is C2F6O3S2. The van der Waals surface area contributed by atoms with E-state index in [-0.39, 0.29) is 0 Å². The van der Waals surface area contributed by atoms with Gasteiger partial charge in [-0.05, 0) is 0 Å². The minimum atomic E-state index is -10.8. The van der Waals surface area contributed by atoms with Crippen LogP contribution in [-0.2, 0) is 15.0 Å². The molecule has 0 aliphatic rings. The third-order valence-corrected chi connectivity index (χ3v) is 3.51. The van der Waals surface area contributed by atoms with E-state index in [1.165, 1.54) is 0 Å². The van der Waals surface area contributed by atoms with Crippen molar-refractivity contribution in [3.05, 3.63) is 4.24 Å². The van der Waals surface area contributed by atoms with Gasteiger partial charge in [0.05, 0.1) is 0 Å². The highest BCUT2D eigenvalue weighted by Gasteiger charge is 2.73. The van der Waals surface area contributed by atoms with Crippen molar-refractivity contribution in [2.24, 2.45) is 0 Å². The molecule has 0 N–H and O–H groups in total. The summed E-state index contributed by atoms with van der Waals surface area (Å²) in [4.78, 5) is 9.26. The molecule has 0 bridgehead atoms. The Balaban J connectivity index is 6.06. The summed E-state index contributed by atoms with van der Waals surface area (Å²) >= 11 is 0. The van der Waals surface area contributed by atoms with Crippen LogP contribution in [0.15, 0.2) is 4.24 Å². The van der Waals surface area contributed by atoms with Gasteiger partial charge in [-0.1, -0.05) is 23.3 Å². The van der Waals surface area contributed by atoms with Crippen LogP contribution in [0.2, 0.25) is 0 Å². The minimum absolute atomic E-state index is 0.656. The first kappa shape index (κ1) is 12.3. The fourth-order valence-electron chi connectivity index (χ4n) is 0.317. The largest absolute Gasteiger partial charge is 0.358 e. The van der Waals surface area contributed by atoms with Gasteiger partial charge in [0.25, 0.3) is 0 Å². The third kappa shape index (κ3) is 3.28. The van der Waals surface area contributed by atoms with Crippen molar-refractivity contribution in [2.45, 2.75) is 0 Å². The molecule has 0 atom stereocenters. The fourth-order valence-corrected chi connectivity index (χ4v) is 2.08. The first-order valence-corrected chi connectivity index (χ1v) is 5.46. The van der Waals surface area contributed by atoms with Gasteiger partial charge >= 0.3 is 24.7 Å². The second-order valence-electron chi connectivity index (χ2n) is 1.80. The van der Waals surface area contributed by atoms with E-state index in [2.05, 4.69) is 0 Å². The van der Waals surface area contributed by atoms with Gasteiger partial charge in [-0.2, -0.15) is 8.42 Å². The minimum Gasteiger partial charge on any atom is -0.231 e. The normalized spacial score (nSPS) is 18.3. The molecule has 0 aromatic heterocycles. The zero-order valence-corrected chi connectivity index (χ0v) is 6.94. The Morgan fingerprint density at radius 1 is 1.08 bits per heavy atom. The maximum Gasteiger partial charge on any atom is 0.358 e. The van der Waals surface area contributed by atoms with E-state index in [0.29, 0.717) is 0 Å². The summed E-state index contributed by atoms with van der Waals surface area (Å²) in [5, 5.41) is 0. The molecule has 0 saturated heterocycles. The Labute approximate surface area is 68.0 Å². The zero-order valence-electron chi connectivity index (χ0n) is 5.31. The smallest absolute Gasteiger partial charge is 0.231 e. The lowest BCUT2D eigenvalue weighted by atomic mass is 11.2. The van der Waals surface area contributed by atoms with Gasteiger partial charge < -0.3 is 0 Å². The number of hydrogen-bond donors (Lipinski definition) is 0. The standard InChI is InChI=1S/C2F6O3S2/c3-12(10,11)2(1-9)13(4,5,6,7)8. The average molecular weight is 250 g/mol. The lowest BCUT2D eigenvalue weighted by Gasteiger charge is -2.37. The van der Waals surface area contributed by atoms with Crippen LogP contribution in [0.4, 0.5) is 23.3 Å². The molecule has 0 fully saturated rings. The first-order chi connectivity index (χ1) is 5.18. The predicted octanol–water partition coefficient (Wildman–Crippen LogP) is 2.26. The molecule has 3 nitrogen and oxygen atoms in total. The topological polar surface area (TPSA) is 51.2 Å². The van der Waals surface area contributed by atoms with Crippen molar-refractivity contribution in [1.82, 2.24) is 0 Å². The molecule has 0 spiro atoms. The van der Waals surface area contributed by atoms with E-state index in [0.717, 1.165) is 0 Å². The molecule has 0 radical (unpaired) electrons. The Morgan fingerprint density at radius 3 is 1.38 bits per heavy atom. The average Bonchev–Trinajstić information content (AvgIpc) is 1.50. The van der Waals surface area contributed by atoms with Gasteiger partial charge in [0.1, 0.15) is 0 Å². The lowest BCUT2D eigenvalue weighted by molar-refractivity contribution is 0.381. The summed E-state index contributed by atoms with van der Waals surface area (Å²) in [6.45, 7) is 0. The zero-order chi connectivity index (χ0) is 11.2. The summed E-state index contributed by atoms with van der Waals surface area (Å²) in [5.74, 6) is -0.656.